The Hall–Kier alpha value is -2.24. The number of benzene rings is 1. The molecule has 1 heterocycles. The molecular weight excluding hydrogens is 411 g/mol. The van der Waals surface area contributed by atoms with Crippen molar-refractivity contribution in [3.63, 3.8) is 0 Å². The Morgan fingerprint density at radius 3 is 2.53 bits per heavy atom. The van der Waals surface area contributed by atoms with Crippen molar-refractivity contribution >= 4 is 24.2 Å². The lowest BCUT2D eigenvalue weighted by Gasteiger charge is -2.39. The van der Waals surface area contributed by atoms with E-state index >= 15 is 0 Å². The molecule has 1 aliphatic heterocycles. The molecule has 4 rings (SSSR count). The van der Waals surface area contributed by atoms with Crippen molar-refractivity contribution in [2.45, 2.75) is 62.3 Å². The molecule has 0 N–H and O–H groups in total. The van der Waals surface area contributed by atoms with Gasteiger partial charge in [-0.1, -0.05) is 36.6 Å². The Kier molecular flexibility index (Phi) is 5.23. The smallest absolute Gasteiger partial charge is 0.285 e. The molecule has 1 aromatic rings. The molecule has 2 aliphatic carbocycles. The fourth-order valence-electron chi connectivity index (χ4n) is 4.89. The monoisotopic (exact) mass is 433 g/mol. The maximum Gasteiger partial charge on any atom is 0.417 e. The molecule has 30 heavy (non-hydrogen) atoms. The number of carbonyl (C=O) groups is 1. The number of hydrogen-bond acceptors (Lipinski definition) is 4. The molecule has 2 atom stereocenters. The van der Waals surface area contributed by atoms with Crippen molar-refractivity contribution in [3.05, 3.63) is 53.1 Å². The van der Waals surface area contributed by atoms with Gasteiger partial charge in [-0.3, -0.25) is 14.6 Å². The van der Waals surface area contributed by atoms with Gasteiger partial charge >= 0.3 is 6.18 Å². The number of nitriles is 1. The summed E-state index contributed by atoms with van der Waals surface area (Å²) in [6.45, 7) is 2.01. The van der Waals surface area contributed by atoms with Gasteiger partial charge in [-0.25, -0.2) is 0 Å². The van der Waals surface area contributed by atoms with E-state index < -0.39 is 28.3 Å². The second kappa shape index (κ2) is 7.47. The number of allylic oxidation sites excluding steroid dienone is 2. The highest BCUT2D eigenvalue weighted by Crippen LogP contribution is 2.48. The van der Waals surface area contributed by atoms with Crippen LogP contribution in [-0.4, -0.2) is 27.9 Å². The fourth-order valence-corrected chi connectivity index (χ4v) is 5.52. The molecule has 1 amide bonds. The van der Waals surface area contributed by atoms with Crippen molar-refractivity contribution in [2.24, 2.45) is 0 Å². The molecule has 2 fully saturated rings. The van der Waals surface area contributed by atoms with Crippen LogP contribution in [0.3, 0.4) is 0 Å². The van der Waals surface area contributed by atoms with Gasteiger partial charge in [0, 0.05) is 11.7 Å². The summed E-state index contributed by atoms with van der Waals surface area (Å²) >= 11 is 4.72. The van der Waals surface area contributed by atoms with Crippen LogP contribution in [0.5, 0.6) is 0 Å². The van der Waals surface area contributed by atoms with Crippen LogP contribution in [0.2, 0.25) is 0 Å². The van der Waals surface area contributed by atoms with E-state index in [1.165, 1.54) is 11.0 Å². The van der Waals surface area contributed by atoms with Gasteiger partial charge in [0.1, 0.15) is 11.0 Å². The molecule has 0 radical (unpaired) electrons. The standard InChI is InChI=1S/C22H22F3N3OS/c1-14-4-7-16(8-5-14)28-20(30)27(19(29)21(28)10-2-3-11-21)17-9-6-15(13-26)18(12-17)22(23,24)25/h4-7,9,12,16,20,30H,2-3,8,10-11H2,1H3. The van der Waals surface area contributed by atoms with E-state index in [1.54, 1.807) is 6.07 Å². The van der Waals surface area contributed by atoms with Gasteiger partial charge in [0.15, 0.2) is 0 Å². The summed E-state index contributed by atoms with van der Waals surface area (Å²) in [5, 5.41) is 9.08. The van der Waals surface area contributed by atoms with Crippen LogP contribution in [0.1, 0.15) is 50.2 Å². The zero-order chi connectivity index (χ0) is 21.7. The van der Waals surface area contributed by atoms with Gasteiger partial charge in [-0.05, 0) is 44.4 Å². The predicted molar refractivity (Wildman–Crippen MR) is 111 cm³/mol. The van der Waals surface area contributed by atoms with Crippen LogP contribution in [0.4, 0.5) is 18.9 Å². The van der Waals surface area contributed by atoms with Gasteiger partial charge < -0.3 is 0 Å². The summed E-state index contributed by atoms with van der Waals surface area (Å²) in [7, 11) is 0. The highest BCUT2D eigenvalue weighted by molar-refractivity contribution is 7.81. The highest BCUT2D eigenvalue weighted by Gasteiger charge is 2.59. The summed E-state index contributed by atoms with van der Waals surface area (Å²) in [6, 6.07) is 4.96. The van der Waals surface area contributed by atoms with E-state index in [0.29, 0.717) is 12.8 Å². The molecule has 0 aromatic heterocycles. The first-order valence-corrected chi connectivity index (χ1v) is 10.5. The molecular formula is C22H22F3N3OS. The Labute approximate surface area is 179 Å². The van der Waals surface area contributed by atoms with Gasteiger partial charge in [0.2, 0.25) is 5.91 Å². The first-order valence-electron chi connectivity index (χ1n) is 9.95. The van der Waals surface area contributed by atoms with Gasteiger partial charge in [-0.2, -0.15) is 18.4 Å². The lowest BCUT2D eigenvalue weighted by molar-refractivity contribution is -0.137. The molecule has 3 aliphatic rings. The van der Waals surface area contributed by atoms with Crippen molar-refractivity contribution < 1.29 is 18.0 Å². The van der Waals surface area contributed by atoms with Crippen LogP contribution in [0.15, 0.2) is 42.0 Å². The molecule has 2 unspecified atom stereocenters. The Bertz CT molecular complexity index is 973. The minimum atomic E-state index is -4.69. The summed E-state index contributed by atoms with van der Waals surface area (Å²) in [4.78, 5) is 17.1. The zero-order valence-electron chi connectivity index (χ0n) is 16.5. The first kappa shape index (κ1) is 21.0. The van der Waals surface area contributed by atoms with Crippen LogP contribution in [0, 0.1) is 11.3 Å². The quantitative estimate of drug-likeness (QED) is 0.666. The largest absolute Gasteiger partial charge is 0.417 e. The number of carbonyl (C=O) groups excluding carboxylic acids is 1. The van der Waals surface area contributed by atoms with Crippen molar-refractivity contribution in [3.8, 4) is 6.07 Å². The average molecular weight is 433 g/mol. The third-order valence-electron chi connectivity index (χ3n) is 6.35. The van der Waals surface area contributed by atoms with Crippen molar-refractivity contribution in [1.29, 1.82) is 5.26 Å². The SMILES string of the molecule is CC1=CCC(N2C(S)N(c3ccc(C#N)c(C(F)(F)F)c3)C(=O)C23CCCC3)C=C1. The van der Waals surface area contributed by atoms with E-state index in [4.69, 9.17) is 17.9 Å². The average Bonchev–Trinajstić information content (AvgIpc) is 3.26. The molecule has 1 aromatic carbocycles. The molecule has 158 valence electrons. The number of nitrogens with zero attached hydrogens (tertiary/aromatic N) is 3. The second-order valence-corrected chi connectivity index (χ2v) is 8.58. The number of thiol groups is 1. The van der Waals surface area contributed by atoms with E-state index in [9.17, 15) is 18.0 Å². The zero-order valence-corrected chi connectivity index (χ0v) is 17.4. The Balaban J connectivity index is 1.78. The van der Waals surface area contributed by atoms with Gasteiger partial charge in [0.05, 0.1) is 17.2 Å². The van der Waals surface area contributed by atoms with E-state index in [2.05, 4.69) is 17.1 Å². The highest BCUT2D eigenvalue weighted by atomic mass is 32.1. The van der Waals surface area contributed by atoms with Crippen LogP contribution in [-0.2, 0) is 11.0 Å². The molecule has 1 saturated carbocycles. The number of amides is 1. The number of halogens is 3. The molecule has 8 heteroatoms. The minimum Gasteiger partial charge on any atom is -0.285 e. The third-order valence-corrected chi connectivity index (χ3v) is 6.83. The summed E-state index contributed by atoms with van der Waals surface area (Å²) < 4.78 is 40.5. The summed E-state index contributed by atoms with van der Waals surface area (Å²) in [5.41, 5.74) is -1.68. The lowest BCUT2D eigenvalue weighted by atomic mass is 9.91. The molecule has 1 spiro atoms. The number of rotatable bonds is 2. The van der Waals surface area contributed by atoms with Gasteiger partial charge in [-0.15, -0.1) is 12.6 Å². The topological polar surface area (TPSA) is 47.3 Å². The number of anilines is 1. The Morgan fingerprint density at radius 1 is 1.27 bits per heavy atom. The minimum absolute atomic E-state index is 0.0521. The molecule has 0 bridgehead atoms. The van der Waals surface area contributed by atoms with E-state index in [0.717, 1.165) is 37.0 Å². The fraction of sp³-hybridized carbons (Fsp3) is 0.455. The summed E-state index contributed by atoms with van der Waals surface area (Å²) in [5.74, 6) is -0.211. The maximum absolute atomic E-state index is 13.6. The van der Waals surface area contributed by atoms with Crippen molar-refractivity contribution in [2.75, 3.05) is 4.90 Å². The normalized spacial score (nSPS) is 26.3. The lowest BCUT2D eigenvalue weighted by Crippen LogP contribution is -2.52. The van der Waals surface area contributed by atoms with Crippen LogP contribution >= 0.6 is 12.6 Å². The second-order valence-electron chi connectivity index (χ2n) is 8.12. The van der Waals surface area contributed by atoms with Crippen LogP contribution < -0.4 is 4.90 Å². The number of hydrogen-bond donors (Lipinski definition) is 1. The first-order chi connectivity index (χ1) is 14.2. The third kappa shape index (κ3) is 3.25. The van der Waals surface area contributed by atoms with E-state index in [-0.39, 0.29) is 17.6 Å². The molecule has 1 saturated heterocycles. The Morgan fingerprint density at radius 2 is 1.97 bits per heavy atom. The van der Waals surface area contributed by atoms with Gasteiger partial charge in [0.25, 0.3) is 0 Å². The predicted octanol–water partition coefficient (Wildman–Crippen LogP) is 5.03. The van der Waals surface area contributed by atoms with Crippen molar-refractivity contribution in [1.82, 2.24) is 4.90 Å². The molecule has 4 nitrogen and oxygen atoms in total. The van der Waals surface area contributed by atoms with E-state index in [1.807, 2.05) is 13.0 Å². The maximum atomic E-state index is 13.6. The summed E-state index contributed by atoms with van der Waals surface area (Å²) in [6.07, 6.45) is 5.31. The van der Waals surface area contributed by atoms with Crippen LogP contribution in [0.25, 0.3) is 0 Å². The number of alkyl halides is 3.